The smallest absolute Gasteiger partial charge is 0.410 e. The number of likely N-dealkylation sites (N-methyl/N-ethyl adjacent to an activating group) is 2. The number of aromatic nitrogens is 2. The first-order valence-corrected chi connectivity index (χ1v) is 12.2. The van der Waals surface area contributed by atoms with Crippen LogP contribution in [0.15, 0.2) is 12.3 Å². The average molecular weight is 447 g/mol. The number of hydrogen-bond donors (Lipinski definition) is 0. The van der Waals surface area contributed by atoms with Gasteiger partial charge in [0.2, 0.25) is 0 Å². The van der Waals surface area contributed by atoms with Gasteiger partial charge in [-0.2, -0.15) is 5.10 Å². The molecule has 7 heteroatoms. The Morgan fingerprint density at radius 2 is 2.00 bits per heavy atom. The SMILES string of the molecule is CN(CCN(C)C(=O)OC(C)(C)C)Cc1cn(C2CCCCO2)nc1C1=CCCCCC1. The highest BCUT2D eigenvalue weighted by molar-refractivity contribution is 5.67. The Kier molecular flexibility index (Phi) is 8.77. The monoisotopic (exact) mass is 446 g/mol. The molecule has 1 amide bonds. The lowest BCUT2D eigenvalue weighted by atomic mass is 10.0. The molecule has 1 aromatic heterocycles. The molecule has 0 aromatic carbocycles. The summed E-state index contributed by atoms with van der Waals surface area (Å²) in [4.78, 5) is 16.2. The van der Waals surface area contributed by atoms with E-state index in [4.69, 9.17) is 14.6 Å². The van der Waals surface area contributed by atoms with E-state index < -0.39 is 5.60 Å². The van der Waals surface area contributed by atoms with E-state index in [1.54, 1.807) is 11.9 Å². The van der Waals surface area contributed by atoms with E-state index >= 15 is 0 Å². The lowest BCUT2D eigenvalue weighted by molar-refractivity contribution is -0.0396. The molecule has 0 N–H and O–H groups in total. The molecule has 7 nitrogen and oxygen atoms in total. The first-order valence-electron chi connectivity index (χ1n) is 12.2. The minimum atomic E-state index is -0.478. The normalized spacial score (nSPS) is 20.1. The van der Waals surface area contributed by atoms with Crippen LogP contribution in [0.2, 0.25) is 0 Å². The van der Waals surface area contributed by atoms with E-state index in [9.17, 15) is 4.79 Å². The zero-order valence-corrected chi connectivity index (χ0v) is 20.7. The van der Waals surface area contributed by atoms with Gasteiger partial charge in [0.15, 0.2) is 0 Å². The molecule has 1 atom stereocenters. The Bertz CT molecular complexity index is 775. The Morgan fingerprint density at radius 3 is 2.72 bits per heavy atom. The molecule has 32 heavy (non-hydrogen) atoms. The fourth-order valence-electron chi connectivity index (χ4n) is 4.25. The van der Waals surface area contributed by atoms with Crippen molar-refractivity contribution in [3.63, 3.8) is 0 Å². The van der Waals surface area contributed by atoms with Gasteiger partial charge in [-0.25, -0.2) is 9.48 Å². The summed E-state index contributed by atoms with van der Waals surface area (Å²) in [6.45, 7) is 8.66. The molecule has 1 aliphatic heterocycles. The van der Waals surface area contributed by atoms with E-state index in [1.165, 1.54) is 36.8 Å². The largest absolute Gasteiger partial charge is 0.444 e. The van der Waals surface area contributed by atoms with Crippen molar-refractivity contribution in [3.05, 3.63) is 23.5 Å². The lowest BCUT2D eigenvalue weighted by Crippen LogP contribution is -2.38. The maximum absolute atomic E-state index is 12.3. The molecule has 0 bridgehead atoms. The molecule has 1 saturated heterocycles. The van der Waals surface area contributed by atoms with Crippen LogP contribution in [-0.4, -0.2) is 65.1 Å². The number of hydrogen-bond acceptors (Lipinski definition) is 5. The van der Waals surface area contributed by atoms with Crippen LogP contribution in [0, 0.1) is 0 Å². The topological polar surface area (TPSA) is 59.8 Å². The van der Waals surface area contributed by atoms with Crippen molar-refractivity contribution in [2.75, 3.05) is 33.8 Å². The van der Waals surface area contributed by atoms with Gasteiger partial charge in [-0.3, -0.25) is 0 Å². The molecule has 0 radical (unpaired) electrons. The molecular weight excluding hydrogens is 404 g/mol. The van der Waals surface area contributed by atoms with Crippen LogP contribution < -0.4 is 0 Å². The second-order valence-electron chi connectivity index (χ2n) is 10.3. The summed E-state index contributed by atoms with van der Waals surface area (Å²) in [6.07, 6.45) is 13.7. The van der Waals surface area contributed by atoms with Gasteiger partial charge in [0.1, 0.15) is 11.8 Å². The summed E-state index contributed by atoms with van der Waals surface area (Å²) in [7, 11) is 3.89. The van der Waals surface area contributed by atoms with Gasteiger partial charge in [-0.05, 0) is 78.3 Å². The molecule has 2 aliphatic rings. The third kappa shape index (κ3) is 7.34. The number of ether oxygens (including phenoxy) is 2. The van der Waals surface area contributed by atoms with E-state index in [-0.39, 0.29) is 12.3 Å². The van der Waals surface area contributed by atoms with E-state index in [1.807, 2.05) is 20.8 Å². The predicted octanol–water partition coefficient (Wildman–Crippen LogP) is 5.23. The summed E-state index contributed by atoms with van der Waals surface area (Å²) in [5.74, 6) is 0. The van der Waals surface area contributed by atoms with Crippen LogP contribution >= 0.6 is 0 Å². The van der Waals surface area contributed by atoms with Crippen molar-refractivity contribution in [2.24, 2.45) is 0 Å². The Balaban J connectivity index is 1.67. The number of rotatable bonds is 7. The van der Waals surface area contributed by atoms with Crippen LogP contribution in [0.1, 0.15) is 89.6 Å². The zero-order valence-electron chi connectivity index (χ0n) is 20.7. The molecule has 3 rings (SSSR count). The summed E-state index contributed by atoms with van der Waals surface area (Å²) < 4.78 is 13.5. The van der Waals surface area contributed by atoms with E-state index in [0.29, 0.717) is 6.54 Å². The molecule has 1 unspecified atom stereocenters. The quantitative estimate of drug-likeness (QED) is 0.574. The fourth-order valence-corrected chi connectivity index (χ4v) is 4.25. The van der Waals surface area contributed by atoms with Crippen LogP contribution in [0.5, 0.6) is 0 Å². The molecule has 0 saturated carbocycles. The highest BCUT2D eigenvalue weighted by Crippen LogP contribution is 2.30. The van der Waals surface area contributed by atoms with Crippen molar-refractivity contribution < 1.29 is 14.3 Å². The zero-order chi connectivity index (χ0) is 23.1. The summed E-state index contributed by atoms with van der Waals surface area (Å²) in [5, 5.41) is 5.03. The fraction of sp³-hybridized carbons (Fsp3) is 0.760. The molecule has 0 spiro atoms. The van der Waals surface area contributed by atoms with Crippen molar-refractivity contribution in [1.82, 2.24) is 19.6 Å². The maximum atomic E-state index is 12.3. The molecule has 180 valence electrons. The summed E-state index contributed by atoms with van der Waals surface area (Å²) in [6, 6.07) is 0. The predicted molar refractivity (Wildman–Crippen MR) is 127 cm³/mol. The van der Waals surface area contributed by atoms with Crippen LogP contribution in [0.4, 0.5) is 4.79 Å². The minimum Gasteiger partial charge on any atom is -0.444 e. The molecule has 1 aromatic rings. The van der Waals surface area contributed by atoms with Gasteiger partial charge >= 0.3 is 6.09 Å². The minimum absolute atomic E-state index is 0.0474. The lowest BCUT2D eigenvalue weighted by Gasteiger charge is -2.26. The van der Waals surface area contributed by atoms with Gasteiger partial charge in [-0.15, -0.1) is 0 Å². The molecule has 2 heterocycles. The van der Waals surface area contributed by atoms with Crippen molar-refractivity contribution in [1.29, 1.82) is 0 Å². The van der Waals surface area contributed by atoms with Crippen molar-refractivity contribution in [3.8, 4) is 0 Å². The molecular formula is C25H42N4O3. The van der Waals surface area contributed by atoms with Crippen LogP contribution in [0.3, 0.4) is 0 Å². The first kappa shape index (κ1) is 24.8. The summed E-state index contributed by atoms with van der Waals surface area (Å²) >= 11 is 0. The van der Waals surface area contributed by atoms with Gasteiger partial charge in [0, 0.05) is 45.0 Å². The standard InChI is InChI=1S/C25H42N4O3/c1-25(2,3)32-24(30)28(5)16-15-27(4)18-21-19-29(22-14-10-11-17-31-22)26-23(21)20-12-8-6-7-9-13-20/h12,19,22H,6-11,13-18H2,1-5H3. The van der Waals surface area contributed by atoms with Crippen LogP contribution in [0.25, 0.3) is 5.57 Å². The molecule has 1 aliphatic carbocycles. The third-order valence-corrected chi connectivity index (χ3v) is 6.07. The Hall–Kier alpha value is -1.86. The highest BCUT2D eigenvalue weighted by atomic mass is 16.6. The maximum Gasteiger partial charge on any atom is 0.410 e. The van der Waals surface area contributed by atoms with Crippen molar-refractivity contribution >= 4 is 11.7 Å². The third-order valence-electron chi connectivity index (χ3n) is 6.07. The summed E-state index contributed by atoms with van der Waals surface area (Å²) in [5.41, 5.74) is 3.28. The highest BCUT2D eigenvalue weighted by Gasteiger charge is 2.23. The number of allylic oxidation sites excluding steroid dienone is 2. The second-order valence-corrected chi connectivity index (χ2v) is 10.3. The van der Waals surface area contributed by atoms with Gasteiger partial charge < -0.3 is 19.3 Å². The number of amides is 1. The van der Waals surface area contributed by atoms with Gasteiger partial charge in [-0.1, -0.05) is 12.5 Å². The Morgan fingerprint density at radius 1 is 1.19 bits per heavy atom. The number of carbonyl (C=O) groups excluding carboxylic acids is 1. The van der Waals surface area contributed by atoms with Crippen LogP contribution in [-0.2, 0) is 16.0 Å². The number of nitrogens with zero attached hydrogens (tertiary/aromatic N) is 4. The van der Waals surface area contributed by atoms with E-state index in [0.717, 1.165) is 51.1 Å². The van der Waals surface area contributed by atoms with E-state index in [2.05, 4.69) is 28.9 Å². The van der Waals surface area contributed by atoms with Gasteiger partial charge in [0.05, 0.1) is 5.69 Å². The molecule has 1 fully saturated rings. The Labute approximate surface area is 193 Å². The average Bonchev–Trinajstić information content (AvgIpc) is 2.96. The first-order chi connectivity index (χ1) is 15.2. The number of carbonyl (C=O) groups is 1. The van der Waals surface area contributed by atoms with Crippen molar-refractivity contribution in [2.45, 2.75) is 90.5 Å². The van der Waals surface area contributed by atoms with Gasteiger partial charge in [0.25, 0.3) is 0 Å². The second kappa shape index (κ2) is 11.3.